The minimum atomic E-state index is 0. The Morgan fingerprint density at radius 1 is 1.75 bits per heavy atom. The molecule has 0 aromatic heterocycles. The van der Waals surface area contributed by atoms with Gasteiger partial charge in [-0.25, -0.2) is 5.90 Å². The molecule has 3 heteroatoms. The monoisotopic (exact) mass is 64.1 g/mol. The lowest BCUT2D eigenvalue weighted by molar-refractivity contribution is 0.206. The highest BCUT2D eigenvalue weighted by molar-refractivity contribution is 3.43. The van der Waals surface area contributed by atoms with Crippen LogP contribution in [0.15, 0.2) is 0 Å². The van der Waals surface area contributed by atoms with Crippen molar-refractivity contribution < 1.29 is 4.84 Å². The zero-order valence-corrected chi connectivity index (χ0v) is 2.69. The third-order valence-electron chi connectivity index (χ3n) is 0. The first kappa shape index (κ1) is 9.11. The summed E-state index contributed by atoms with van der Waals surface area (Å²) in [5.74, 6) is 4.35. The van der Waals surface area contributed by atoms with Crippen LogP contribution in [-0.4, -0.2) is 7.11 Å². The van der Waals surface area contributed by atoms with Crippen molar-refractivity contribution in [3.63, 3.8) is 0 Å². The van der Waals surface area contributed by atoms with E-state index < -0.39 is 0 Å². The maximum atomic E-state index is 4.35. The molecule has 0 aliphatic rings. The van der Waals surface area contributed by atoms with Gasteiger partial charge in [0, 0.05) is 0 Å². The molecule has 0 unspecified atom stereocenters. The van der Waals surface area contributed by atoms with Gasteiger partial charge in [0.25, 0.3) is 0 Å². The van der Waals surface area contributed by atoms with Crippen LogP contribution in [0, 0.1) is 0 Å². The molecule has 0 spiro atoms. The molecular weight excluding hydrogens is 56.0 g/mol. The Balaban J connectivity index is 0. The molecule has 0 aromatic rings. The summed E-state index contributed by atoms with van der Waals surface area (Å²) in [6, 6.07) is 0. The van der Waals surface area contributed by atoms with Crippen molar-refractivity contribution in [2.45, 2.75) is 0 Å². The van der Waals surface area contributed by atoms with E-state index in [1.807, 2.05) is 0 Å². The second-order valence-electron chi connectivity index (χ2n) is 0.236. The van der Waals surface area contributed by atoms with Crippen molar-refractivity contribution in [2.24, 2.45) is 5.90 Å². The lowest BCUT2D eigenvalue weighted by Gasteiger charge is -1.62. The van der Waals surface area contributed by atoms with Crippen LogP contribution < -0.4 is 12.0 Å². The first-order chi connectivity index (χ1) is 1.41. The molecule has 28 valence electrons. The summed E-state index contributed by atoms with van der Waals surface area (Å²) in [5.41, 5.74) is 0. The van der Waals surface area contributed by atoms with Crippen LogP contribution >= 0.6 is 0 Å². The quantitative estimate of drug-likeness (QED) is 0.379. The second-order valence-corrected chi connectivity index (χ2v) is 0.236. The van der Waals surface area contributed by atoms with Crippen LogP contribution in [0.1, 0.15) is 0 Å². The molecule has 5 N–H and O–H groups in total. The average Bonchev–Trinajstić information content (AvgIpc) is 0.918. The molecule has 0 radical (unpaired) electrons. The van der Waals surface area contributed by atoms with Crippen molar-refractivity contribution in [1.82, 2.24) is 6.15 Å². The molecule has 0 amide bonds. The van der Waals surface area contributed by atoms with Gasteiger partial charge < -0.3 is 11.0 Å². The van der Waals surface area contributed by atoms with Crippen LogP contribution in [0.3, 0.4) is 0 Å². The average molecular weight is 64.1 g/mol. The molecule has 0 bridgehead atoms. The summed E-state index contributed by atoms with van der Waals surface area (Å²) < 4.78 is 0. The minimum absolute atomic E-state index is 0. The number of rotatable bonds is 0. The van der Waals surface area contributed by atoms with Gasteiger partial charge in [0.1, 0.15) is 0 Å². The van der Waals surface area contributed by atoms with Gasteiger partial charge >= 0.3 is 0 Å². The molecule has 0 heterocycles. The van der Waals surface area contributed by atoms with E-state index >= 15 is 0 Å². The van der Waals surface area contributed by atoms with E-state index in [1.54, 1.807) is 0 Å². The van der Waals surface area contributed by atoms with Gasteiger partial charge in [-0.3, -0.25) is 0 Å². The van der Waals surface area contributed by atoms with E-state index in [0.717, 1.165) is 0 Å². The first-order valence-electron chi connectivity index (χ1n) is 0.644. The maximum absolute atomic E-state index is 4.35. The molecule has 0 atom stereocenters. The van der Waals surface area contributed by atoms with E-state index in [2.05, 4.69) is 10.7 Å². The summed E-state index contributed by atoms with van der Waals surface area (Å²) >= 11 is 0. The maximum Gasteiger partial charge on any atom is 0.0569 e. The van der Waals surface area contributed by atoms with Gasteiger partial charge in [0.15, 0.2) is 0 Å². The Bertz CT molecular complexity index is 6.00. The number of hydrogen-bond acceptors (Lipinski definition) is 3. The molecule has 4 heavy (non-hydrogen) atoms. The van der Waals surface area contributed by atoms with Gasteiger partial charge in [-0.05, 0) is 0 Å². The summed E-state index contributed by atoms with van der Waals surface area (Å²) in [5, 5.41) is 0. The predicted molar refractivity (Wildman–Crippen MR) is 16.2 cm³/mol. The van der Waals surface area contributed by atoms with E-state index in [0.29, 0.717) is 0 Å². The van der Waals surface area contributed by atoms with E-state index in [1.165, 1.54) is 7.11 Å². The molecule has 0 aromatic carbocycles. The highest BCUT2D eigenvalue weighted by Gasteiger charge is 1.23. The topological polar surface area (TPSA) is 70.2 Å². The summed E-state index contributed by atoms with van der Waals surface area (Å²) in [6.45, 7) is 0. The molecule has 0 rings (SSSR count). The molecule has 0 saturated heterocycles. The first-order valence-corrected chi connectivity index (χ1v) is 0.644. The van der Waals surface area contributed by atoms with Gasteiger partial charge in [-0.2, -0.15) is 0 Å². The lowest BCUT2D eigenvalue weighted by Crippen LogP contribution is -1.86. The fourth-order valence-electron chi connectivity index (χ4n) is 0. The van der Waals surface area contributed by atoms with Crippen LogP contribution in [-0.2, 0) is 4.84 Å². The van der Waals surface area contributed by atoms with Crippen LogP contribution in [0.2, 0.25) is 0 Å². The molecule has 0 fully saturated rings. The number of nitrogens with two attached hydrogens (primary N) is 1. The zero-order valence-electron chi connectivity index (χ0n) is 2.69. The fraction of sp³-hybridized carbons (Fsp3) is 1.00. The number of hydrogen-bond donors (Lipinski definition) is 2. The summed E-state index contributed by atoms with van der Waals surface area (Å²) in [4.78, 5) is 3.75. The Kier molecular flexibility index (Phi) is 29.9. The smallest absolute Gasteiger partial charge is 0.0569 e. The van der Waals surface area contributed by atoms with Crippen molar-refractivity contribution >= 4 is 0 Å². The van der Waals surface area contributed by atoms with Crippen molar-refractivity contribution in [3.8, 4) is 0 Å². The van der Waals surface area contributed by atoms with Crippen molar-refractivity contribution in [2.75, 3.05) is 7.11 Å². The molecular formula is CH8N2O. The van der Waals surface area contributed by atoms with Gasteiger partial charge in [-0.15, -0.1) is 0 Å². The highest BCUT2D eigenvalue weighted by atomic mass is 16.6. The van der Waals surface area contributed by atoms with Crippen LogP contribution in [0.5, 0.6) is 0 Å². The van der Waals surface area contributed by atoms with Crippen molar-refractivity contribution in [3.05, 3.63) is 0 Å². The van der Waals surface area contributed by atoms with Crippen LogP contribution in [0.4, 0.5) is 0 Å². The standard InChI is InChI=1S/CH5NO.H3N/c1-3-2;/h2H2,1H3;1H3. The van der Waals surface area contributed by atoms with Crippen molar-refractivity contribution in [1.29, 1.82) is 0 Å². The Labute approximate surface area is 25.3 Å². The van der Waals surface area contributed by atoms with E-state index in [-0.39, 0.29) is 6.15 Å². The SMILES string of the molecule is CON.N. The Morgan fingerprint density at radius 2 is 1.75 bits per heavy atom. The van der Waals surface area contributed by atoms with Crippen LogP contribution in [0.25, 0.3) is 0 Å². The fourth-order valence-corrected chi connectivity index (χ4v) is 0. The van der Waals surface area contributed by atoms with Gasteiger partial charge in [-0.1, -0.05) is 0 Å². The summed E-state index contributed by atoms with van der Waals surface area (Å²) in [6.07, 6.45) is 0. The molecule has 0 saturated carbocycles. The molecule has 3 nitrogen and oxygen atoms in total. The molecule has 0 aliphatic carbocycles. The van der Waals surface area contributed by atoms with Gasteiger partial charge in [0.2, 0.25) is 0 Å². The Morgan fingerprint density at radius 3 is 1.75 bits per heavy atom. The molecule has 0 aliphatic heterocycles. The van der Waals surface area contributed by atoms with E-state index in [4.69, 9.17) is 0 Å². The zero-order chi connectivity index (χ0) is 2.71. The lowest BCUT2D eigenvalue weighted by atomic mass is 11.7. The largest absolute Gasteiger partial charge is 0.344 e. The van der Waals surface area contributed by atoms with Gasteiger partial charge in [0.05, 0.1) is 7.11 Å². The minimum Gasteiger partial charge on any atom is -0.344 e. The third kappa shape index (κ3) is 101. The third-order valence-corrected chi connectivity index (χ3v) is 0. The predicted octanol–water partition coefficient (Wildman–Crippen LogP) is -0.332. The summed E-state index contributed by atoms with van der Waals surface area (Å²) in [7, 11) is 1.40. The second kappa shape index (κ2) is 13.1. The highest BCUT2D eigenvalue weighted by Crippen LogP contribution is 1.14. The normalized spacial score (nSPS) is 4.50. The Hall–Kier alpha value is -0.120. The van der Waals surface area contributed by atoms with E-state index in [9.17, 15) is 0 Å².